The lowest BCUT2D eigenvalue weighted by atomic mass is 10.1. The molecule has 2 heterocycles. The minimum atomic E-state index is -2.74. The van der Waals surface area contributed by atoms with Crippen molar-refractivity contribution in [3.05, 3.63) is 53.9 Å². The number of rotatable bonds is 6. The Bertz CT molecular complexity index is 907. The smallest absolute Gasteiger partial charge is 0.280 e. The molecule has 0 fully saturated rings. The Balaban J connectivity index is 2.03. The number of halogens is 2. The molecule has 2 aromatic heterocycles. The topological polar surface area (TPSA) is 59.3 Å². The minimum absolute atomic E-state index is 0.128. The summed E-state index contributed by atoms with van der Waals surface area (Å²) >= 11 is 0. The SMILES string of the molecule is CC(C)CCNC(=O)c1cnn2c(C(F)F)cc(-c3ccccc3)nc12. The summed E-state index contributed by atoms with van der Waals surface area (Å²) in [6.45, 7) is 4.63. The van der Waals surface area contributed by atoms with Crippen LogP contribution < -0.4 is 5.32 Å². The van der Waals surface area contributed by atoms with Crippen molar-refractivity contribution in [3.8, 4) is 11.3 Å². The highest BCUT2D eigenvalue weighted by Gasteiger charge is 2.21. The Hall–Kier alpha value is -2.83. The molecular formula is C19H20F2N4O. The van der Waals surface area contributed by atoms with E-state index in [-0.39, 0.29) is 22.8 Å². The zero-order valence-electron chi connectivity index (χ0n) is 14.6. The highest BCUT2D eigenvalue weighted by molar-refractivity contribution is 5.99. The van der Waals surface area contributed by atoms with Crippen LogP contribution in [0.3, 0.4) is 0 Å². The van der Waals surface area contributed by atoms with Gasteiger partial charge in [-0.3, -0.25) is 4.79 Å². The quantitative estimate of drug-likeness (QED) is 0.721. The fraction of sp³-hybridized carbons (Fsp3) is 0.316. The lowest BCUT2D eigenvalue weighted by Crippen LogP contribution is -2.25. The summed E-state index contributed by atoms with van der Waals surface area (Å²) in [5.74, 6) is 0.0889. The van der Waals surface area contributed by atoms with Crippen LogP contribution in [0, 0.1) is 5.92 Å². The van der Waals surface area contributed by atoms with Crippen molar-refractivity contribution in [3.63, 3.8) is 0 Å². The number of hydrogen-bond acceptors (Lipinski definition) is 3. The standard InChI is InChI=1S/C19H20F2N4O/c1-12(2)8-9-22-19(26)14-11-23-25-16(17(20)21)10-15(24-18(14)25)13-6-4-3-5-7-13/h3-7,10-12,17H,8-9H2,1-2H3,(H,22,26). The first-order valence-corrected chi connectivity index (χ1v) is 8.48. The Morgan fingerprint density at radius 2 is 1.96 bits per heavy atom. The van der Waals surface area contributed by atoms with Gasteiger partial charge in [0.1, 0.15) is 11.3 Å². The van der Waals surface area contributed by atoms with Gasteiger partial charge in [0, 0.05) is 12.1 Å². The number of nitrogens with zero attached hydrogens (tertiary/aromatic N) is 3. The number of hydrogen-bond donors (Lipinski definition) is 1. The fourth-order valence-corrected chi connectivity index (χ4v) is 2.63. The van der Waals surface area contributed by atoms with Crippen molar-refractivity contribution in [1.82, 2.24) is 19.9 Å². The summed E-state index contributed by atoms with van der Waals surface area (Å²) in [5.41, 5.74) is 1.10. The van der Waals surface area contributed by atoms with Gasteiger partial charge in [-0.05, 0) is 18.4 Å². The molecule has 0 radical (unpaired) electrons. The molecule has 0 aliphatic heterocycles. The van der Waals surface area contributed by atoms with Gasteiger partial charge < -0.3 is 5.32 Å². The molecule has 0 aliphatic carbocycles. The summed E-state index contributed by atoms with van der Waals surface area (Å²) in [4.78, 5) is 16.9. The van der Waals surface area contributed by atoms with Gasteiger partial charge in [0.25, 0.3) is 12.3 Å². The zero-order valence-corrected chi connectivity index (χ0v) is 14.6. The molecule has 0 spiro atoms. The Morgan fingerprint density at radius 1 is 1.23 bits per heavy atom. The van der Waals surface area contributed by atoms with Gasteiger partial charge in [-0.25, -0.2) is 18.3 Å². The van der Waals surface area contributed by atoms with Gasteiger partial charge in [-0.15, -0.1) is 0 Å². The largest absolute Gasteiger partial charge is 0.352 e. The second-order valence-electron chi connectivity index (χ2n) is 6.47. The zero-order chi connectivity index (χ0) is 18.7. The number of benzene rings is 1. The maximum absolute atomic E-state index is 13.5. The highest BCUT2D eigenvalue weighted by atomic mass is 19.3. The third kappa shape index (κ3) is 3.71. The summed E-state index contributed by atoms with van der Waals surface area (Å²) in [6, 6.07) is 10.3. The first-order valence-electron chi connectivity index (χ1n) is 8.48. The van der Waals surface area contributed by atoms with Crippen molar-refractivity contribution in [2.24, 2.45) is 5.92 Å². The molecule has 136 valence electrons. The van der Waals surface area contributed by atoms with Gasteiger partial charge in [0.05, 0.1) is 11.9 Å². The van der Waals surface area contributed by atoms with Gasteiger partial charge in [-0.2, -0.15) is 5.10 Å². The first kappa shape index (κ1) is 18.0. The summed E-state index contributed by atoms with van der Waals surface area (Å²) in [7, 11) is 0. The molecule has 1 amide bonds. The minimum Gasteiger partial charge on any atom is -0.352 e. The molecule has 0 unspecified atom stereocenters. The van der Waals surface area contributed by atoms with E-state index in [2.05, 4.69) is 29.2 Å². The van der Waals surface area contributed by atoms with Crippen LogP contribution in [0.15, 0.2) is 42.6 Å². The highest BCUT2D eigenvalue weighted by Crippen LogP contribution is 2.26. The molecular weight excluding hydrogens is 338 g/mol. The number of fused-ring (bicyclic) bond motifs is 1. The number of alkyl halides is 2. The van der Waals surface area contributed by atoms with Crippen LogP contribution in [0.25, 0.3) is 16.9 Å². The molecule has 0 atom stereocenters. The van der Waals surface area contributed by atoms with Gasteiger partial charge in [0.15, 0.2) is 5.65 Å². The average molecular weight is 358 g/mol. The number of aromatic nitrogens is 3. The van der Waals surface area contributed by atoms with Gasteiger partial charge in [0.2, 0.25) is 0 Å². The van der Waals surface area contributed by atoms with E-state index in [1.807, 2.05) is 6.07 Å². The Labute approximate surface area is 150 Å². The van der Waals surface area contributed by atoms with Crippen LogP contribution in [-0.2, 0) is 0 Å². The molecule has 26 heavy (non-hydrogen) atoms. The van der Waals surface area contributed by atoms with E-state index in [0.29, 0.717) is 23.7 Å². The normalized spacial score (nSPS) is 11.5. The lowest BCUT2D eigenvalue weighted by Gasteiger charge is -2.09. The fourth-order valence-electron chi connectivity index (χ4n) is 2.63. The summed E-state index contributed by atoms with van der Waals surface area (Å²) in [6.07, 6.45) is -0.622. The monoisotopic (exact) mass is 358 g/mol. The van der Waals surface area contributed by atoms with E-state index >= 15 is 0 Å². The number of carbonyl (C=O) groups is 1. The van der Waals surface area contributed by atoms with Crippen molar-refractivity contribution in [2.75, 3.05) is 6.54 Å². The number of amides is 1. The lowest BCUT2D eigenvalue weighted by molar-refractivity contribution is 0.0953. The van der Waals surface area contributed by atoms with Crippen molar-refractivity contribution in [1.29, 1.82) is 0 Å². The third-order valence-electron chi connectivity index (χ3n) is 4.04. The molecule has 5 nitrogen and oxygen atoms in total. The van der Waals surface area contributed by atoms with Gasteiger partial charge in [-0.1, -0.05) is 44.2 Å². The third-order valence-corrected chi connectivity index (χ3v) is 4.04. The summed E-state index contributed by atoms with van der Waals surface area (Å²) in [5, 5.41) is 6.75. The molecule has 0 bridgehead atoms. The van der Waals surface area contributed by atoms with Crippen LogP contribution >= 0.6 is 0 Å². The van der Waals surface area contributed by atoms with Crippen LogP contribution in [0.5, 0.6) is 0 Å². The van der Waals surface area contributed by atoms with E-state index < -0.39 is 6.43 Å². The molecule has 1 N–H and O–H groups in total. The molecule has 0 saturated heterocycles. The molecule has 1 aromatic carbocycles. The van der Waals surface area contributed by atoms with Crippen LogP contribution in [0.2, 0.25) is 0 Å². The second kappa shape index (κ2) is 7.59. The maximum Gasteiger partial charge on any atom is 0.280 e. The maximum atomic E-state index is 13.5. The van der Waals surface area contributed by atoms with Crippen LogP contribution in [-0.4, -0.2) is 27.0 Å². The van der Waals surface area contributed by atoms with E-state index in [1.54, 1.807) is 24.3 Å². The molecule has 7 heteroatoms. The average Bonchev–Trinajstić information content (AvgIpc) is 3.05. The predicted octanol–water partition coefficient (Wildman–Crippen LogP) is 4.11. The molecule has 3 aromatic rings. The number of nitrogens with one attached hydrogen (secondary N) is 1. The van der Waals surface area contributed by atoms with Gasteiger partial charge >= 0.3 is 0 Å². The molecule has 0 saturated carbocycles. The number of carbonyl (C=O) groups excluding carboxylic acids is 1. The van der Waals surface area contributed by atoms with Crippen LogP contribution in [0.4, 0.5) is 8.78 Å². The Morgan fingerprint density at radius 3 is 2.62 bits per heavy atom. The Kier molecular flexibility index (Phi) is 5.25. The molecule has 0 aliphatic rings. The van der Waals surface area contributed by atoms with Crippen LogP contribution in [0.1, 0.15) is 42.7 Å². The van der Waals surface area contributed by atoms with E-state index in [9.17, 15) is 13.6 Å². The summed E-state index contributed by atoms with van der Waals surface area (Å²) < 4.78 is 28.0. The predicted molar refractivity (Wildman–Crippen MR) is 95.2 cm³/mol. The van der Waals surface area contributed by atoms with Crippen molar-refractivity contribution >= 4 is 11.6 Å². The van der Waals surface area contributed by atoms with E-state index in [4.69, 9.17) is 0 Å². The van der Waals surface area contributed by atoms with Crippen molar-refractivity contribution < 1.29 is 13.6 Å². The first-order chi connectivity index (χ1) is 12.5. The second-order valence-corrected chi connectivity index (χ2v) is 6.47. The van der Waals surface area contributed by atoms with Crippen molar-refractivity contribution in [2.45, 2.75) is 26.7 Å². The van der Waals surface area contributed by atoms with E-state index in [0.717, 1.165) is 10.9 Å². The molecule has 3 rings (SSSR count). The van der Waals surface area contributed by atoms with E-state index in [1.165, 1.54) is 12.3 Å².